The van der Waals surface area contributed by atoms with Crippen molar-refractivity contribution in [3.8, 4) is 0 Å². The van der Waals surface area contributed by atoms with Crippen LogP contribution in [0.4, 0.5) is 0 Å². The van der Waals surface area contributed by atoms with E-state index in [9.17, 15) is 0 Å². The van der Waals surface area contributed by atoms with Gasteiger partial charge in [0.1, 0.15) is 0 Å². The number of nitrogens with zero attached hydrogens (tertiary/aromatic N) is 2. The molecule has 0 radical (unpaired) electrons. The molecule has 3 aromatic rings. The molecule has 4 rings (SSSR count). The fourth-order valence-corrected chi connectivity index (χ4v) is 3.58. The topological polar surface area (TPSA) is 51.0 Å². The van der Waals surface area contributed by atoms with Crippen LogP contribution < -0.4 is 5.32 Å². The first-order valence-corrected chi connectivity index (χ1v) is 9.39. The van der Waals surface area contributed by atoms with Gasteiger partial charge in [-0.2, -0.15) is 4.98 Å². The van der Waals surface area contributed by atoms with E-state index in [1.165, 1.54) is 17.5 Å². The molecule has 1 fully saturated rings. The lowest BCUT2D eigenvalue weighted by Crippen LogP contribution is -2.47. The lowest BCUT2D eigenvalue weighted by atomic mass is 9.72. The van der Waals surface area contributed by atoms with Crippen molar-refractivity contribution in [1.82, 2.24) is 15.5 Å². The molecule has 0 atom stereocenters. The highest BCUT2D eigenvalue weighted by Crippen LogP contribution is 2.41. The maximum Gasteiger partial charge on any atom is 0.231 e. The van der Waals surface area contributed by atoms with Gasteiger partial charge in [0.15, 0.2) is 5.82 Å². The Morgan fingerprint density at radius 2 is 1.80 bits per heavy atom. The second-order valence-electron chi connectivity index (χ2n) is 6.56. The van der Waals surface area contributed by atoms with Crippen molar-refractivity contribution in [2.24, 2.45) is 0 Å². The largest absolute Gasteiger partial charge is 0.339 e. The molecule has 25 heavy (non-hydrogen) atoms. The zero-order valence-corrected chi connectivity index (χ0v) is 15.5. The molecule has 2 aromatic carbocycles. The highest BCUT2D eigenvalue weighted by atomic mass is 79.9. The molecular weight excluding hydrogens is 378 g/mol. The SMILES string of the molecule is Brc1ccc(C2(NCc3noc(Cc4ccccc4)n3)CCC2)cc1. The lowest BCUT2D eigenvalue weighted by molar-refractivity contribution is 0.181. The zero-order chi connectivity index (χ0) is 17.1. The quantitative estimate of drug-likeness (QED) is 0.660. The van der Waals surface area contributed by atoms with Gasteiger partial charge in [-0.3, -0.25) is 0 Å². The van der Waals surface area contributed by atoms with Crippen LogP contribution in [0.15, 0.2) is 63.6 Å². The van der Waals surface area contributed by atoms with Crippen LogP contribution in [0.2, 0.25) is 0 Å². The van der Waals surface area contributed by atoms with Crippen LogP contribution in [-0.4, -0.2) is 10.1 Å². The van der Waals surface area contributed by atoms with Gasteiger partial charge < -0.3 is 9.84 Å². The second-order valence-corrected chi connectivity index (χ2v) is 7.48. The van der Waals surface area contributed by atoms with Gasteiger partial charge >= 0.3 is 0 Å². The normalized spacial score (nSPS) is 15.7. The Balaban J connectivity index is 1.41. The van der Waals surface area contributed by atoms with Crippen LogP contribution in [-0.2, 0) is 18.5 Å². The van der Waals surface area contributed by atoms with E-state index < -0.39 is 0 Å². The van der Waals surface area contributed by atoms with E-state index in [0.29, 0.717) is 24.7 Å². The first-order chi connectivity index (χ1) is 12.2. The molecule has 1 heterocycles. The van der Waals surface area contributed by atoms with Gasteiger partial charge in [-0.25, -0.2) is 0 Å². The van der Waals surface area contributed by atoms with Crippen LogP contribution in [0.3, 0.4) is 0 Å². The van der Waals surface area contributed by atoms with E-state index in [4.69, 9.17) is 4.52 Å². The summed E-state index contributed by atoms with van der Waals surface area (Å²) in [4.78, 5) is 4.53. The number of halogens is 1. The zero-order valence-electron chi connectivity index (χ0n) is 13.9. The molecule has 4 nitrogen and oxygen atoms in total. The summed E-state index contributed by atoms with van der Waals surface area (Å²) in [6, 6.07) is 18.8. The summed E-state index contributed by atoms with van der Waals surface area (Å²) in [6.07, 6.45) is 4.20. The van der Waals surface area contributed by atoms with Gasteiger partial charge in [-0.15, -0.1) is 0 Å². The molecule has 0 unspecified atom stereocenters. The van der Waals surface area contributed by atoms with Gasteiger partial charge in [-0.05, 0) is 42.5 Å². The average molecular weight is 398 g/mol. The van der Waals surface area contributed by atoms with Crippen molar-refractivity contribution < 1.29 is 4.52 Å². The molecule has 0 amide bonds. The maximum atomic E-state index is 5.40. The summed E-state index contributed by atoms with van der Waals surface area (Å²) in [5.74, 6) is 1.38. The molecule has 0 saturated heterocycles. The van der Waals surface area contributed by atoms with Crippen LogP contribution in [0, 0.1) is 0 Å². The van der Waals surface area contributed by atoms with Crippen LogP contribution >= 0.6 is 15.9 Å². The Labute approximate surface area is 155 Å². The monoisotopic (exact) mass is 397 g/mol. The summed E-state index contributed by atoms with van der Waals surface area (Å²) in [5, 5.41) is 7.79. The standard InChI is InChI=1S/C20H20BrN3O/c21-17-9-7-16(8-10-17)20(11-4-12-20)22-14-18-23-19(25-24-18)13-15-5-2-1-3-6-15/h1-3,5-10,22H,4,11-14H2. The molecule has 128 valence electrons. The highest BCUT2D eigenvalue weighted by Gasteiger charge is 2.38. The minimum absolute atomic E-state index is 0.0426. The molecular formula is C20H20BrN3O. The molecule has 1 aliphatic carbocycles. The van der Waals surface area contributed by atoms with Gasteiger partial charge in [0, 0.05) is 10.0 Å². The fourth-order valence-electron chi connectivity index (χ4n) is 3.32. The van der Waals surface area contributed by atoms with Crippen molar-refractivity contribution in [3.63, 3.8) is 0 Å². The predicted octanol–water partition coefficient (Wildman–Crippen LogP) is 4.59. The van der Waals surface area contributed by atoms with Gasteiger partial charge in [0.05, 0.1) is 13.0 Å². The number of hydrogen-bond donors (Lipinski definition) is 1. The Morgan fingerprint density at radius 3 is 2.48 bits per heavy atom. The predicted molar refractivity (Wildman–Crippen MR) is 100 cm³/mol. The smallest absolute Gasteiger partial charge is 0.231 e. The molecule has 1 N–H and O–H groups in total. The van der Waals surface area contributed by atoms with E-state index in [1.807, 2.05) is 18.2 Å². The van der Waals surface area contributed by atoms with E-state index in [-0.39, 0.29) is 5.54 Å². The van der Waals surface area contributed by atoms with Crippen LogP contribution in [0.1, 0.15) is 42.1 Å². The number of nitrogens with one attached hydrogen (secondary N) is 1. The lowest BCUT2D eigenvalue weighted by Gasteiger charge is -2.43. The molecule has 0 spiro atoms. The van der Waals surface area contributed by atoms with Crippen molar-refractivity contribution in [2.75, 3.05) is 0 Å². The number of aromatic nitrogens is 2. The Kier molecular flexibility index (Phi) is 4.68. The first kappa shape index (κ1) is 16.5. The van der Waals surface area contributed by atoms with E-state index in [1.54, 1.807) is 0 Å². The Bertz CT molecular complexity index is 826. The minimum Gasteiger partial charge on any atom is -0.339 e. The van der Waals surface area contributed by atoms with Crippen molar-refractivity contribution in [2.45, 2.75) is 37.8 Å². The summed E-state index contributed by atoms with van der Waals surface area (Å²) in [7, 11) is 0. The number of rotatable bonds is 6. The van der Waals surface area contributed by atoms with Gasteiger partial charge in [0.2, 0.25) is 5.89 Å². The second kappa shape index (κ2) is 7.10. The van der Waals surface area contributed by atoms with Gasteiger partial charge in [-0.1, -0.05) is 63.6 Å². The van der Waals surface area contributed by atoms with Crippen LogP contribution in [0.5, 0.6) is 0 Å². The van der Waals surface area contributed by atoms with E-state index >= 15 is 0 Å². The molecule has 0 bridgehead atoms. The maximum absolute atomic E-state index is 5.40. The van der Waals surface area contributed by atoms with Crippen molar-refractivity contribution in [1.29, 1.82) is 0 Å². The highest BCUT2D eigenvalue weighted by molar-refractivity contribution is 9.10. The third-order valence-corrected chi connectivity index (χ3v) is 5.43. The molecule has 5 heteroatoms. The Hall–Kier alpha value is -1.98. The van der Waals surface area contributed by atoms with Crippen LogP contribution in [0.25, 0.3) is 0 Å². The molecule has 1 aliphatic rings. The summed E-state index contributed by atoms with van der Waals surface area (Å²) in [6.45, 7) is 0.619. The fraction of sp³-hybridized carbons (Fsp3) is 0.300. The third-order valence-electron chi connectivity index (χ3n) is 4.90. The Morgan fingerprint density at radius 1 is 1.04 bits per heavy atom. The van der Waals surface area contributed by atoms with Crippen molar-refractivity contribution in [3.05, 3.63) is 81.9 Å². The third kappa shape index (κ3) is 3.67. The average Bonchev–Trinajstić information content (AvgIpc) is 3.04. The molecule has 0 aliphatic heterocycles. The summed E-state index contributed by atoms with van der Waals surface area (Å²) >= 11 is 3.50. The summed E-state index contributed by atoms with van der Waals surface area (Å²) in [5.41, 5.74) is 2.55. The van der Waals surface area contributed by atoms with Crippen molar-refractivity contribution >= 4 is 15.9 Å². The molecule has 1 aromatic heterocycles. The first-order valence-electron chi connectivity index (χ1n) is 8.60. The number of hydrogen-bond acceptors (Lipinski definition) is 4. The minimum atomic E-state index is 0.0426. The summed E-state index contributed by atoms with van der Waals surface area (Å²) < 4.78 is 6.51. The van der Waals surface area contributed by atoms with E-state index in [0.717, 1.165) is 17.3 Å². The molecule has 1 saturated carbocycles. The van der Waals surface area contributed by atoms with E-state index in [2.05, 4.69) is 67.8 Å². The number of benzene rings is 2. The van der Waals surface area contributed by atoms with Gasteiger partial charge in [0.25, 0.3) is 0 Å².